The number of fused-ring (bicyclic) bond motifs is 3. The smallest absolute Gasteiger partial charge is 1.00 e. The molecular formula is C47H54Br2Cl2Zr. The predicted octanol–water partition coefficient (Wildman–Crippen LogP) is 8.21. The Morgan fingerprint density at radius 1 is 0.558 bits per heavy atom. The molecule has 2 aliphatic rings. The third kappa shape index (κ3) is 8.55. The van der Waals surface area contributed by atoms with Crippen LogP contribution in [0.5, 0.6) is 0 Å². The minimum absolute atomic E-state index is 0. The molecule has 0 heterocycles. The van der Waals surface area contributed by atoms with Gasteiger partial charge in [-0.1, -0.05) is 0 Å². The molecule has 0 fully saturated rings. The third-order valence-corrected chi connectivity index (χ3v) is 19.7. The van der Waals surface area contributed by atoms with E-state index in [9.17, 15) is 0 Å². The van der Waals surface area contributed by atoms with Crippen LogP contribution in [0.3, 0.4) is 0 Å². The first-order valence-electron chi connectivity index (χ1n) is 18.2. The Bertz CT molecular complexity index is 1960. The Morgan fingerprint density at radius 3 is 1.27 bits per heavy atom. The van der Waals surface area contributed by atoms with E-state index in [0.29, 0.717) is 3.63 Å². The maximum absolute atomic E-state index is 3.87. The zero-order valence-corrected chi connectivity index (χ0v) is 40.1. The fourth-order valence-corrected chi connectivity index (χ4v) is 17.8. The van der Waals surface area contributed by atoms with Gasteiger partial charge >= 0.3 is 330 Å². The molecule has 0 aromatic heterocycles. The van der Waals surface area contributed by atoms with E-state index in [1.165, 1.54) is 44.5 Å². The molecule has 0 unspecified atom stereocenters. The van der Waals surface area contributed by atoms with Crippen LogP contribution in [-0.4, -0.2) is 3.21 Å². The maximum atomic E-state index is 3.87. The van der Waals surface area contributed by atoms with Crippen LogP contribution in [0.2, 0.25) is 0 Å². The van der Waals surface area contributed by atoms with Crippen molar-refractivity contribution in [3.8, 4) is 11.1 Å². The molecule has 52 heavy (non-hydrogen) atoms. The van der Waals surface area contributed by atoms with Crippen LogP contribution in [0.25, 0.3) is 11.1 Å². The summed E-state index contributed by atoms with van der Waals surface area (Å²) in [4.78, 5) is 0. The third-order valence-electron chi connectivity index (χ3n) is 10.4. The minimum Gasteiger partial charge on any atom is -1.00 e. The van der Waals surface area contributed by atoms with Gasteiger partial charge in [0, 0.05) is 0 Å². The van der Waals surface area contributed by atoms with E-state index in [0.717, 1.165) is 15.4 Å². The van der Waals surface area contributed by atoms with Crippen molar-refractivity contribution >= 4 is 35.1 Å². The van der Waals surface area contributed by atoms with Gasteiger partial charge in [-0.25, -0.2) is 0 Å². The summed E-state index contributed by atoms with van der Waals surface area (Å²) in [5, 5.41) is 0. The zero-order valence-electron chi connectivity index (χ0n) is 33.0. The Balaban J connectivity index is 0.00000302. The summed E-state index contributed by atoms with van der Waals surface area (Å²) in [6, 6.07) is 28.8. The van der Waals surface area contributed by atoms with E-state index in [2.05, 4.69) is 206 Å². The Labute approximate surface area is 351 Å². The monoisotopic (exact) mass is 936 g/mol. The van der Waals surface area contributed by atoms with Crippen molar-refractivity contribution in [2.24, 2.45) is 0 Å². The van der Waals surface area contributed by atoms with Gasteiger partial charge in [0.1, 0.15) is 0 Å². The van der Waals surface area contributed by atoms with E-state index in [4.69, 9.17) is 0 Å². The van der Waals surface area contributed by atoms with Crippen LogP contribution < -0.4 is 24.8 Å². The average molecular weight is 941 g/mol. The van der Waals surface area contributed by atoms with Crippen LogP contribution in [-0.2, 0) is 42.9 Å². The SMILES string of the molecule is CC(C)(C)c1cc2c(cc1C(C)(C)C)[CH]([Zr+2]([C]1=CC=CC1)=[C](c1cccc(Br)c1)c1cccc(Br)c1)c1cc(C(C)(C)C)c(C(C)(C)C)cc1-2.[Cl-].[Cl-]. The topological polar surface area (TPSA) is 0 Å². The molecule has 0 bridgehead atoms. The van der Waals surface area contributed by atoms with Gasteiger partial charge in [-0.05, 0) is 0 Å². The van der Waals surface area contributed by atoms with Gasteiger partial charge < -0.3 is 24.8 Å². The summed E-state index contributed by atoms with van der Waals surface area (Å²) in [7, 11) is 0. The summed E-state index contributed by atoms with van der Waals surface area (Å²) in [5.74, 6) is 0. The number of rotatable bonds is 4. The second kappa shape index (κ2) is 15.7. The Hall–Kier alpha value is -1.35. The molecule has 0 spiro atoms. The molecule has 0 saturated heterocycles. The van der Waals surface area contributed by atoms with Crippen molar-refractivity contribution in [3.05, 3.63) is 148 Å². The predicted molar refractivity (Wildman–Crippen MR) is 222 cm³/mol. The zero-order chi connectivity index (χ0) is 36.6. The van der Waals surface area contributed by atoms with Gasteiger partial charge in [0.05, 0.1) is 0 Å². The second-order valence-electron chi connectivity index (χ2n) is 18.5. The molecular weight excluding hydrogens is 886 g/mol. The summed E-state index contributed by atoms with van der Waals surface area (Å²) >= 11 is 4.85. The standard InChI is InChI=1S/C29H41.C13H8Br2.C5H5.2ClH.Zr/c1-26(2,3)22-14-18-13-19-15-23(27(4,5)6)25(29(10,11)12)17-21(19)20(18)16-24(22)28(7,8)9;14-12-5-1-3-10(8-12)7-11-4-2-6-13(15)9-11;1-2-4-5-3-1;;;/h13-17H,1-12H3;1-6,8-9H;1-3H,4H2;2*1H;/q;;;;;+2/p-2. The summed E-state index contributed by atoms with van der Waals surface area (Å²) in [6.07, 6.45) is 8.24. The van der Waals surface area contributed by atoms with Crippen molar-refractivity contribution in [2.45, 2.75) is 115 Å². The average Bonchev–Trinajstić information content (AvgIpc) is 3.63. The van der Waals surface area contributed by atoms with Crippen LogP contribution in [0.15, 0.2) is 103 Å². The summed E-state index contributed by atoms with van der Waals surface area (Å²) in [5.41, 5.74) is 14.7. The number of halogens is 4. The van der Waals surface area contributed by atoms with Crippen molar-refractivity contribution in [1.29, 1.82) is 0 Å². The minimum atomic E-state index is -2.90. The number of allylic oxidation sites excluding steroid dienone is 4. The molecule has 6 rings (SSSR count). The van der Waals surface area contributed by atoms with Gasteiger partial charge in [-0.2, -0.15) is 0 Å². The van der Waals surface area contributed by atoms with E-state index in [-0.39, 0.29) is 46.5 Å². The molecule has 4 aromatic carbocycles. The van der Waals surface area contributed by atoms with Crippen molar-refractivity contribution in [1.82, 2.24) is 0 Å². The first-order chi connectivity index (χ1) is 23.2. The fraction of sp³-hybridized carbons (Fsp3) is 0.383. The molecule has 2 aliphatic carbocycles. The molecule has 5 heteroatoms. The van der Waals surface area contributed by atoms with Crippen molar-refractivity contribution < 1.29 is 46.1 Å². The molecule has 274 valence electrons. The maximum Gasteiger partial charge on any atom is -1.00 e. The van der Waals surface area contributed by atoms with E-state index >= 15 is 0 Å². The fourth-order valence-electron chi connectivity index (χ4n) is 8.04. The first-order valence-corrected chi connectivity index (χ1v) is 23.6. The normalized spacial score (nSPS) is 14.1. The quantitative estimate of drug-likeness (QED) is 0.194. The molecule has 0 radical (unpaired) electrons. The van der Waals surface area contributed by atoms with Gasteiger partial charge in [0.25, 0.3) is 0 Å². The molecule has 0 saturated carbocycles. The molecule has 0 nitrogen and oxygen atoms in total. The van der Waals surface area contributed by atoms with Gasteiger partial charge in [0.15, 0.2) is 0 Å². The van der Waals surface area contributed by atoms with Crippen molar-refractivity contribution in [3.63, 3.8) is 0 Å². The van der Waals surface area contributed by atoms with Crippen LogP contribution >= 0.6 is 31.9 Å². The first kappa shape index (κ1) is 43.4. The van der Waals surface area contributed by atoms with Gasteiger partial charge in [0.2, 0.25) is 0 Å². The summed E-state index contributed by atoms with van der Waals surface area (Å²) in [6.45, 7) is 28.8. The van der Waals surface area contributed by atoms with Crippen LogP contribution in [0.1, 0.15) is 138 Å². The van der Waals surface area contributed by atoms with E-state index in [1.54, 1.807) is 17.6 Å². The molecule has 0 N–H and O–H groups in total. The van der Waals surface area contributed by atoms with Crippen LogP contribution in [0.4, 0.5) is 0 Å². The Kier molecular flexibility index (Phi) is 13.1. The number of hydrogen-bond donors (Lipinski definition) is 0. The summed E-state index contributed by atoms with van der Waals surface area (Å²) < 4.78 is 5.84. The molecule has 4 aromatic rings. The molecule has 0 atom stereocenters. The second-order valence-corrected chi connectivity index (χ2v) is 26.6. The van der Waals surface area contributed by atoms with Gasteiger partial charge in [-0.3, -0.25) is 0 Å². The van der Waals surface area contributed by atoms with E-state index in [1.807, 2.05) is 0 Å². The number of benzene rings is 4. The van der Waals surface area contributed by atoms with Crippen LogP contribution in [0, 0.1) is 0 Å². The van der Waals surface area contributed by atoms with E-state index < -0.39 is 21.3 Å². The van der Waals surface area contributed by atoms with Gasteiger partial charge in [-0.15, -0.1) is 0 Å². The Morgan fingerprint density at radius 2 is 0.942 bits per heavy atom. The number of hydrogen-bond acceptors (Lipinski definition) is 0. The molecule has 0 amide bonds. The molecule has 0 aliphatic heterocycles. The largest absolute Gasteiger partial charge is 1.00 e. The van der Waals surface area contributed by atoms with Crippen molar-refractivity contribution in [2.75, 3.05) is 0 Å².